The molecule has 19 heavy (non-hydrogen) atoms. The average Bonchev–Trinajstić information content (AvgIpc) is 3.17. The SMILES string of the molecule is COCCN(CC(C)(C#N)NC(C)C)C(C)C1CC1. The fourth-order valence-electron chi connectivity index (χ4n) is 2.67. The summed E-state index contributed by atoms with van der Waals surface area (Å²) in [6, 6.07) is 3.29. The third-order valence-corrected chi connectivity index (χ3v) is 3.84. The van der Waals surface area contributed by atoms with Crippen LogP contribution in [-0.4, -0.2) is 49.3 Å². The Labute approximate surface area is 118 Å². The molecule has 2 atom stereocenters. The van der Waals surface area contributed by atoms with Gasteiger partial charge >= 0.3 is 0 Å². The smallest absolute Gasteiger partial charge is 0.116 e. The first-order chi connectivity index (χ1) is 8.91. The summed E-state index contributed by atoms with van der Waals surface area (Å²) in [7, 11) is 1.73. The Morgan fingerprint density at radius 1 is 1.42 bits per heavy atom. The molecule has 4 nitrogen and oxygen atoms in total. The maximum Gasteiger partial charge on any atom is 0.116 e. The van der Waals surface area contributed by atoms with E-state index >= 15 is 0 Å². The van der Waals surface area contributed by atoms with Gasteiger partial charge in [-0.3, -0.25) is 10.2 Å². The van der Waals surface area contributed by atoms with E-state index in [-0.39, 0.29) is 0 Å². The molecular formula is C15H29N3O. The van der Waals surface area contributed by atoms with E-state index in [1.807, 2.05) is 6.92 Å². The minimum Gasteiger partial charge on any atom is -0.383 e. The number of ether oxygens (including phenoxy) is 1. The Morgan fingerprint density at radius 3 is 2.47 bits per heavy atom. The van der Waals surface area contributed by atoms with Crippen LogP contribution in [0.3, 0.4) is 0 Å². The molecule has 0 saturated heterocycles. The van der Waals surface area contributed by atoms with Crippen molar-refractivity contribution in [1.82, 2.24) is 10.2 Å². The van der Waals surface area contributed by atoms with Gasteiger partial charge in [0, 0.05) is 32.3 Å². The van der Waals surface area contributed by atoms with E-state index in [1.165, 1.54) is 12.8 Å². The van der Waals surface area contributed by atoms with Gasteiger partial charge in [-0.2, -0.15) is 5.26 Å². The fourth-order valence-corrected chi connectivity index (χ4v) is 2.67. The topological polar surface area (TPSA) is 48.3 Å². The minimum atomic E-state index is -0.495. The Morgan fingerprint density at radius 2 is 2.05 bits per heavy atom. The lowest BCUT2D eigenvalue weighted by atomic mass is 10.0. The molecule has 1 fully saturated rings. The van der Waals surface area contributed by atoms with E-state index in [1.54, 1.807) is 7.11 Å². The van der Waals surface area contributed by atoms with E-state index in [9.17, 15) is 5.26 Å². The zero-order chi connectivity index (χ0) is 14.5. The van der Waals surface area contributed by atoms with E-state index in [0.29, 0.717) is 12.1 Å². The largest absolute Gasteiger partial charge is 0.383 e. The second-order valence-corrected chi connectivity index (χ2v) is 6.28. The normalized spacial score (nSPS) is 20.3. The molecule has 1 aliphatic carbocycles. The summed E-state index contributed by atoms with van der Waals surface area (Å²) in [6.45, 7) is 10.8. The number of nitrogens with one attached hydrogen (secondary N) is 1. The molecule has 1 saturated carbocycles. The van der Waals surface area contributed by atoms with Crippen LogP contribution in [-0.2, 0) is 4.74 Å². The maximum atomic E-state index is 9.47. The molecule has 0 radical (unpaired) electrons. The summed E-state index contributed by atoms with van der Waals surface area (Å²) < 4.78 is 5.21. The summed E-state index contributed by atoms with van der Waals surface area (Å²) in [5.41, 5.74) is -0.495. The molecule has 1 aliphatic rings. The number of hydrogen-bond acceptors (Lipinski definition) is 4. The Kier molecular flexibility index (Phi) is 6.25. The molecule has 0 bridgehead atoms. The third kappa shape index (κ3) is 5.48. The Balaban J connectivity index is 2.65. The van der Waals surface area contributed by atoms with Crippen LogP contribution < -0.4 is 5.32 Å². The van der Waals surface area contributed by atoms with Crippen molar-refractivity contribution < 1.29 is 4.74 Å². The van der Waals surface area contributed by atoms with E-state index in [2.05, 4.69) is 37.1 Å². The highest BCUT2D eigenvalue weighted by Gasteiger charge is 2.35. The van der Waals surface area contributed by atoms with Gasteiger partial charge in [0.1, 0.15) is 5.54 Å². The van der Waals surface area contributed by atoms with Gasteiger partial charge in [0.2, 0.25) is 0 Å². The number of methoxy groups -OCH3 is 1. The summed E-state index contributed by atoms with van der Waals surface area (Å²) in [5.74, 6) is 0.804. The van der Waals surface area contributed by atoms with E-state index < -0.39 is 5.54 Å². The van der Waals surface area contributed by atoms with Crippen molar-refractivity contribution in [3.8, 4) is 6.07 Å². The number of nitriles is 1. The molecule has 4 heteroatoms. The third-order valence-electron chi connectivity index (χ3n) is 3.84. The van der Waals surface area contributed by atoms with Gasteiger partial charge in [0.05, 0.1) is 12.7 Å². The zero-order valence-electron chi connectivity index (χ0n) is 13.1. The Hall–Kier alpha value is -0.630. The van der Waals surface area contributed by atoms with Gasteiger partial charge < -0.3 is 4.74 Å². The van der Waals surface area contributed by atoms with E-state index in [0.717, 1.165) is 25.6 Å². The lowest BCUT2D eigenvalue weighted by Gasteiger charge is -2.36. The van der Waals surface area contributed by atoms with Crippen molar-refractivity contribution in [3.63, 3.8) is 0 Å². The molecular weight excluding hydrogens is 238 g/mol. The molecule has 0 amide bonds. The predicted octanol–water partition coefficient (Wildman–Crippen LogP) is 2.01. The molecule has 0 heterocycles. The lowest BCUT2D eigenvalue weighted by molar-refractivity contribution is 0.0993. The van der Waals surface area contributed by atoms with Crippen LogP contribution in [0.5, 0.6) is 0 Å². The van der Waals surface area contributed by atoms with Crippen LogP contribution >= 0.6 is 0 Å². The van der Waals surface area contributed by atoms with Crippen LogP contribution in [0.25, 0.3) is 0 Å². The summed E-state index contributed by atoms with van der Waals surface area (Å²) >= 11 is 0. The van der Waals surface area contributed by atoms with Crippen molar-refractivity contribution in [3.05, 3.63) is 0 Å². The molecule has 110 valence electrons. The van der Waals surface area contributed by atoms with Crippen LogP contribution in [0.1, 0.15) is 40.5 Å². The summed E-state index contributed by atoms with van der Waals surface area (Å²) in [6.07, 6.45) is 2.65. The van der Waals surface area contributed by atoms with Crippen LogP contribution in [0.2, 0.25) is 0 Å². The summed E-state index contributed by atoms with van der Waals surface area (Å²) in [5, 5.41) is 12.9. The van der Waals surface area contributed by atoms with Crippen LogP contribution in [0.15, 0.2) is 0 Å². The number of nitrogens with zero attached hydrogens (tertiary/aromatic N) is 2. The molecule has 0 aromatic carbocycles. The Bertz CT molecular complexity index is 309. The molecule has 1 rings (SSSR count). The minimum absolute atomic E-state index is 0.310. The molecule has 0 aromatic heterocycles. The van der Waals surface area contributed by atoms with Gasteiger partial charge in [-0.15, -0.1) is 0 Å². The quantitative estimate of drug-likeness (QED) is 0.694. The molecule has 2 unspecified atom stereocenters. The molecule has 0 spiro atoms. The molecule has 0 aliphatic heterocycles. The van der Waals surface area contributed by atoms with Crippen molar-refractivity contribution in [1.29, 1.82) is 5.26 Å². The van der Waals surface area contributed by atoms with E-state index in [4.69, 9.17) is 4.74 Å². The van der Waals surface area contributed by atoms with Crippen molar-refractivity contribution >= 4 is 0 Å². The van der Waals surface area contributed by atoms with Gasteiger partial charge in [-0.1, -0.05) is 0 Å². The zero-order valence-corrected chi connectivity index (χ0v) is 13.1. The fraction of sp³-hybridized carbons (Fsp3) is 0.933. The number of hydrogen-bond donors (Lipinski definition) is 1. The first kappa shape index (κ1) is 16.4. The highest BCUT2D eigenvalue weighted by atomic mass is 16.5. The molecule has 0 aromatic rings. The van der Waals surface area contributed by atoms with Crippen molar-refractivity contribution in [2.24, 2.45) is 5.92 Å². The van der Waals surface area contributed by atoms with Gasteiger partial charge in [-0.05, 0) is 46.5 Å². The molecule has 1 N–H and O–H groups in total. The summed E-state index contributed by atoms with van der Waals surface area (Å²) in [4.78, 5) is 2.40. The highest BCUT2D eigenvalue weighted by molar-refractivity contribution is 5.07. The first-order valence-electron chi connectivity index (χ1n) is 7.34. The second-order valence-electron chi connectivity index (χ2n) is 6.28. The first-order valence-corrected chi connectivity index (χ1v) is 7.34. The maximum absolute atomic E-state index is 9.47. The van der Waals surface area contributed by atoms with Gasteiger partial charge in [-0.25, -0.2) is 0 Å². The number of rotatable bonds is 9. The van der Waals surface area contributed by atoms with Crippen LogP contribution in [0, 0.1) is 17.2 Å². The van der Waals surface area contributed by atoms with Gasteiger partial charge in [0.25, 0.3) is 0 Å². The lowest BCUT2D eigenvalue weighted by Crippen LogP contribution is -2.55. The highest BCUT2D eigenvalue weighted by Crippen LogP contribution is 2.35. The average molecular weight is 267 g/mol. The second kappa shape index (κ2) is 7.23. The monoisotopic (exact) mass is 267 g/mol. The van der Waals surface area contributed by atoms with Crippen LogP contribution in [0.4, 0.5) is 0 Å². The standard InChI is InChI=1S/C15H29N3O/c1-12(2)17-15(4,10-16)11-18(8-9-19-5)13(3)14-6-7-14/h12-14,17H,6-9,11H2,1-5H3. The van der Waals surface area contributed by atoms with Gasteiger partial charge in [0.15, 0.2) is 0 Å². The van der Waals surface area contributed by atoms with Crippen molar-refractivity contribution in [2.45, 2.75) is 58.2 Å². The van der Waals surface area contributed by atoms with Crippen molar-refractivity contribution in [2.75, 3.05) is 26.8 Å². The predicted molar refractivity (Wildman–Crippen MR) is 77.9 cm³/mol.